The summed E-state index contributed by atoms with van der Waals surface area (Å²) in [6.45, 7) is 5.34. The predicted molar refractivity (Wildman–Crippen MR) is 103 cm³/mol. The Morgan fingerprint density at radius 3 is 2.93 bits per heavy atom. The van der Waals surface area contributed by atoms with E-state index in [0.717, 1.165) is 23.3 Å². The van der Waals surface area contributed by atoms with Crippen molar-refractivity contribution in [3.8, 4) is 0 Å². The van der Waals surface area contributed by atoms with E-state index in [1.165, 1.54) is 10.9 Å². The fourth-order valence-electron chi connectivity index (χ4n) is 3.80. The van der Waals surface area contributed by atoms with Crippen molar-refractivity contribution in [2.24, 2.45) is 5.92 Å². The number of aromatic nitrogens is 3. The van der Waals surface area contributed by atoms with Gasteiger partial charge in [-0.25, -0.2) is 0 Å². The Bertz CT molecular complexity index is 960. The summed E-state index contributed by atoms with van der Waals surface area (Å²) in [7, 11) is 0. The lowest BCUT2D eigenvalue weighted by atomic mass is 9.93. The lowest BCUT2D eigenvalue weighted by molar-refractivity contribution is -0.122. The van der Waals surface area contributed by atoms with Crippen LogP contribution in [-0.4, -0.2) is 39.9 Å². The highest BCUT2D eigenvalue weighted by molar-refractivity contribution is 5.82. The van der Waals surface area contributed by atoms with Crippen LogP contribution in [0.25, 0.3) is 10.9 Å². The maximum atomic E-state index is 12.5. The van der Waals surface area contributed by atoms with Crippen LogP contribution in [0.2, 0.25) is 0 Å². The predicted octanol–water partition coefficient (Wildman–Crippen LogP) is 2.42. The Kier molecular flexibility index (Phi) is 4.90. The number of hydrogen-bond acceptors (Lipinski definition) is 4. The standard InChI is InChI=1S/C21H24N4O2/c1-14-9-15(2)25(24-14)11-21(26)23-20-13-27-12-17(20)10-16-7-8-22-19-6-4-3-5-18(16)19/h3-9,17,20H,10-13H2,1-2H3,(H,23,26)/t17-,20+/m1/s1. The number of hydrogen-bond donors (Lipinski definition) is 1. The number of nitrogens with one attached hydrogen (secondary N) is 1. The van der Waals surface area contributed by atoms with Gasteiger partial charge in [-0.1, -0.05) is 18.2 Å². The number of amides is 1. The van der Waals surface area contributed by atoms with Crippen LogP contribution in [0.1, 0.15) is 17.0 Å². The molecule has 0 spiro atoms. The van der Waals surface area contributed by atoms with Crippen LogP contribution in [0.3, 0.4) is 0 Å². The van der Waals surface area contributed by atoms with E-state index in [0.29, 0.717) is 13.2 Å². The van der Waals surface area contributed by atoms with E-state index < -0.39 is 0 Å². The molecule has 1 aromatic carbocycles. The molecule has 140 valence electrons. The maximum absolute atomic E-state index is 12.5. The smallest absolute Gasteiger partial charge is 0.242 e. The van der Waals surface area contributed by atoms with Gasteiger partial charge in [-0.05, 0) is 44.0 Å². The number of pyridine rings is 1. The van der Waals surface area contributed by atoms with Gasteiger partial charge in [0, 0.05) is 23.2 Å². The Morgan fingerprint density at radius 1 is 1.26 bits per heavy atom. The molecule has 27 heavy (non-hydrogen) atoms. The van der Waals surface area contributed by atoms with Crippen LogP contribution in [0.15, 0.2) is 42.6 Å². The number of carbonyl (C=O) groups is 1. The molecule has 2 aromatic heterocycles. The van der Waals surface area contributed by atoms with Gasteiger partial charge in [0.1, 0.15) is 6.54 Å². The number of aryl methyl sites for hydroxylation is 2. The Hall–Kier alpha value is -2.73. The van der Waals surface area contributed by atoms with E-state index in [4.69, 9.17) is 4.74 Å². The van der Waals surface area contributed by atoms with Gasteiger partial charge in [-0.3, -0.25) is 14.5 Å². The van der Waals surface area contributed by atoms with Crippen molar-refractivity contribution in [2.75, 3.05) is 13.2 Å². The number of para-hydroxylation sites is 1. The molecular formula is C21H24N4O2. The minimum absolute atomic E-state index is 0.0152. The number of carbonyl (C=O) groups excluding carboxylic acids is 1. The average molecular weight is 364 g/mol. The van der Waals surface area contributed by atoms with Gasteiger partial charge in [0.15, 0.2) is 0 Å². The van der Waals surface area contributed by atoms with E-state index >= 15 is 0 Å². The van der Waals surface area contributed by atoms with Crippen molar-refractivity contribution in [2.45, 2.75) is 32.9 Å². The lowest BCUT2D eigenvalue weighted by Gasteiger charge is -2.20. The van der Waals surface area contributed by atoms with Crippen LogP contribution in [0, 0.1) is 19.8 Å². The first-order chi connectivity index (χ1) is 13.1. The Morgan fingerprint density at radius 2 is 2.11 bits per heavy atom. The normalized spacial score (nSPS) is 19.5. The fourth-order valence-corrected chi connectivity index (χ4v) is 3.80. The number of fused-ring (bicyclic) bond motifs is 1. The molecule has 1 aliphatic heterocycles. The van der Waals surface area contributed by atoms with E-state index in [9.17, 15) is 4.79 Å². The molecular weight excluding hydrogens is 340 g/mol. The minimum Gasteiger partial charge on any atom is -0.379 e. The van der Waals surface area contributed by atoms with Gasteiger partial charge < -0.3 is 10.1 Å². The van der Waals surface area contributed by atoms with Crippen LogP contribution >= 0.6 is 0 Å². The first-order valence-corrected chi connectivity index (χ1v) is 9.31. The van der Waals surface area contributed by atoms with Crippen molar-refractivity contribution >= 4 is 16.8 Å². The van der Waals surface area contributed by atoms with Crippen molar-refractivity contribution in [1.82, 2.24) is 20.1 Å². The molecule has 4 rings (SSSR count). The minimum atomic E-state index is -0.0266. The van der Waals surface area contributed by atoms with Crippen LogP contribution in [0.5, 0.6) is 0 Å². The Labute approximate surface area is 158 Å². The van der Waals surface area contributed by atoms with Gasteiger partial charge >= 0.3 is 0 Å². The van der Waals surface area contributed by atoms with Gasteiger partial charge in [0.25, 0.3) is 0 Å². The third-order valence-electron chi connectivity index (χ3n) is 5.16. The quantitative estimate of drug-likeness (QED) is 0.755. The van der Waals surface area contributed by atoms with E-state index in [2.05, 4.69) is 27.5 Å². The van der Waals surface area contributed by atoms with Gasteiger partial charge in [0.2, 0.25) is 5.91 Å². The number of rotatable bonds is 5. The van der Waals surface area contributed by atoms with Gasteiger partial charge in [-0.15, -0.1) is 0 Å². The third-order valence-corrected chi connectivity index (χ3v) is 5.16. The second-order valence-corrected chi connectivity index (χ2v) is 7.25. The van der Waals surface area contributed by atoms with E-state index in [1.54, 1.807) is 4.68 Å². The topological polar surface area (TPSA) is 69.0 Å². The van der Waals surface area contributed by atoms with Crippen molar-refractivity contribution in [3.05, 3.63) is 59.5 Å². The van der Waals surface area contributed by atoms with Crippen LogP contribution in [-0.2, 0) is 22.5 Å². The SMILES string of the molecule is Cc1cc(C)n(CC(=O)N[C@H]2COC[C@H]2Cc2ccnc3ccccc23)n1. The fraction of sp³-hybridized carbons (Fsp3) is 0.381. The molecule has 1 amide bonds. The molecule has 3 heterocycles. The van der Waals surface area contributed by atoms with Crippen molar-refractivity contribution < 1.29 is 9.53 Å². The number of nitrogens with zero attached hydrogens (tertiary/aromatic N) is 3. The number of ether oxygens (including phenoxy) is 1. The molecule has 1 N–H and O–H groups in total. The molecule has 2 atom stereocenters. The highest BCUT2D eigenvalue weighted by Crippen LogP contribution is 2.24. The van der Waals surface area contributed by atoms with E-state index in [1.807, 2.05) is 44.3 Å². The summed E-state index contributed by atoms with van der Waals surface area (Å²) < 4.78 is 7.42. The highest BCUT2D eigenvalue weighted by atomic mass is 16.5. The zero-order valence-corrected chi connectivity index (χ0v) is 15.7. The zero-order valence-electron chi connectivity index (χ0n) is 15.7. The molecule has 3 aromatic rings. The first kappa shape index (κ1) is 17.7. The second kappa shape index (κ2) is 7.48. The monoisotopic (exact) mass is 364 g/mol. The number of benzene rings is 1. The van der Waals surface area contributed by atoms with Crippen LogP contribution < -0.4 is 5.32 Å². The van der Waals surface area contributed by atoms with Crippen molar-refractivity contribution in [3.63, 3.8) is 0 Å². The first-order valence-electron chi connectivity index (χ1n) is 9.31. The van der Waals surface area contributed by atoms with Gasteiger partial charge in [-0.2, -0.15) is 5.10 Å². The summed E-state index contributed by atoms with van der Waals surface area (Å²) in [5, 5.41) is 8.67. The summed E-state index contributed by atoms with van der Waals surface area (Å²) in [6, 6.07) is 12.2. The molecule has 1 fully saturated rings. The zero-order chi connectivity index (χ0) is 18.8. The second-order valence-electron chi connectivity index (χ2n) is 7.25. The molecule has 0 saturated carbocycles. The summed E-state index contributed by atoms with van der Waals surface area (Å²) in [5.41, 5.74) is 4.16. The molecule has 6 heteroatoms. The molecule has 1 saturated heterocycles. The molecule has 0 unspecified atom stereocenters. The molecule has 1 aliphatic rings. The lowest BCUT2D eigenvalue weighted by Crippen LogP contribution is -2.42. The van der Waals surface area contributed by atoms with Crippen molar-refractivity contribution in [1.29, 1.82) is 0 Å². The van der Waals surface area contributed by atoms with E-state index in [-0.39, 0.29) is 24.4 Å². The van der Waals surface area contributed by atoms with Crippen LogP contribution in [0.4, 0.5) is 0 Å². The summed E-state index contributed by atoms with van der Waals surface area (Å²) in [5.74, 6) is 0.224. The molecule has 0 aliphatic carbocycles. The molecule has 0 bridgehead atoms. The van der Waals surface area contributed by atoms with Gasteiger partial charge in [0.05, 0.1) is 30.5 Å². The molecule has 0 radical (unpaired) electrons. The summed E-state index contributed by atoms with van der Waals surface area (Å²) in [4.78, 5) is 16.9. The maximum Gasteiger partial charge on any atom is 0.242 e. The average Bonchev–Trinajstić information content (AvgIpc) is 3.21. The highest BCUT2D eigenvalue weighted by Gasteiger charge is 2.30. The summed E-state index contributed by atoms with van der Waals surface area (Å²) in [6.07, 6.45) is 2.71. The molecule has 6 nitrogen and oxygen atoms in total. The Balaban J connectivity index is 1.44. The largest absolute Gasteiger partial charge is 0.379 e. The third kappa shape index (κ3) is 3.85. The summed E-state index contributed by atoms with van der Waals surface area (Å²) >= 11 is 0.